The smallest absolute Gasteiger partial charge is 0.338 e. The van der Waals surface area contributed by atoms with Gasteiger partial charge in [-0.25, -0.2) is 4.79 Å². The van der Waals surface area contributed by atoms with Crippen LogP contribution in [0, 0.1) is 5.92 Å². The highest BCUT2D eigenvalue weighted by Crippen LogP contribution is 2.20. The summed E-state index contributed by atoms with van der Waals surface area (Å²) in [7, 11) is 0. The highest BCUT2D eigenvalue weighted by molar-refractivity contribution is 5.91. The zero-order valence-electron chi connectivity index (χ0n) is 18.4. The summed E-state index contributed by atoms with van der Waals surface area (Å²) in [4.78, 5) is 26.1. The molecule has 3 rings (SSSR count). The number of esters is 1. The van der Waals surface area contributed by atoms with Crippen molar-refractivity contribution in [2.24, 2.45) is 5.92 Å². The van der Waals surface area contributed by atoms with Crippen molar-refractivity contribution < 1.29 is 24.2 Å². The minimum absolute atomic E-state index is 0.288. The van der Waals surface area contributed by atoms with E-state index < -0.39 is 5.97 Å². The number of hydrogen-bond acceptors (Lipinski definition) is 6. The first kappa shape index (κ1) is 23.8. The third-order valence-corrected chi connectivity index (χ3v) is 5.53. The minimum Gasteiger partial charge on any atom is -0.494 e. The number of rotatable bonds is 11. The van der Waals surface area contributed by atoms with Crippen molar-refractivity contribution in [3.8, 4) is 5.75 Å². The van der Waals surface area contributed by atoms with E-state index in [0.29, 0.717) is 31.1 Å². The predicted molar refractivity (Wildman–Crippen MR) is 121 cm³/mol. The Labute approximate surface area is 189 Å². The molecule has 0 unspecified atom stereocenters. The zero-order valence-corrected chi connectivity index (χ0v) is 18.4. The monoisotopic (exact) mass is 440 g/mol. The van der Waals surface area contributed by atoms with Crippen molar-refractivity contribution in [2.75, 3.05) is 39.5 Å². The van der Waals surface area contributed by atoms with E-state index in [-0.39, 0.29) is 19.1 Å². The molecule has 0 saturated carbocycles. The Morgan fingerprint density at radius 1 is 1.06 bits per heavy atom. The number of hydrogen-bond donors (Lipinski definition) is 2. The normalized spacial score (nSPS) is 14.7. The van der Waals surface area contributed by atoms with Gasteiger partial charge < -0.3 is 19.9 Å². The van der Waals surface area contributed by atoms with Gasteiger partial charge in [0.15, 0.2) is 6.61 Å². The van der Waals surface area contributed by atoms with Crippen molar-refractivity contribution in [1.82, 2.24) is 10.2 Å². The lowest BCUT2D eigenvalue weighted by Gasteiger charge is -2.31. The average Bonchev–Trinajstić information content (AvgIpc) is 2.83. The van der Waals surface area contributed by atoms with Crippen LogP contribution in [0.15, 0.2) is 54.6 Å². The molecular formula is C25H32N2O5. The second kappa shape index (κ2) is 12.8. The topological polar surface area (TPSA) is 88.1 Å². The molecule has 2 aromatic rings. The molecule has 0 radical (unpaired) electrons. The fourth-order valence-corrected chi connectivity index (χ4v) is 3.65. The summed E-state index contributed by atoms with van der Waals surface area (Å²) >= 11 is 0. The number of amides is 1. The second-order valence-electron chi connectivity index (χ2n) is 8.04. The molecule has 2 N–H and O–H groups in total. The fourth-order valence-electron chi connectivity index (χ4n) is 3.65. The molecule has 172 valence electrons. The van der Waals surface area contributed by atoms with E-state index in [1.165, 1.54) is 5.56 Å². The first-order valence-electron chi connectivity index (χ1n) is 11.2. The Morgan fingerprint density at radius 3 is 2.59 bits per heavy atom. The third-order valence-electron chi connectivity index (χ3n) is 5.53. The largest absolute Gasteiger partial charge is 0.494 e. The number of ether oxygens (including phenoxy) is 2. The Balaban J connectivity index is 1.29. The van der Waals surface area contributed by atoms with Gasteiger partial charge in [-0.1, -0.05) is 30.3 Å². The van der Waals surface area contributed by atoms with Gasteiger partial charge in [0.05, 0.1) is 12.2 Å². The highest BCUT2D eigenvalue weighted by atomic mass is 16.5. The summed E-state index contributed by atoms with van der Waals surface area (Å²) in [5.41, 5.74) is 1.63. The lowest BCUT2D eigenvalue weighted by Crippen LogP contribution is -2.34. The van der Waals surface area contributed by atoms with Gasteiger partial charge in [0.25, 0.3) is 5.91 Å². The molecule has 1 aliphatic heterocycles. The number of likely N-dealkylation sites (tertiary alicyclic amines) is 1. The van der Waals surface area contributed by atoms with Crippen LogP contribution in [-0.4, -0.2) is 61.3 Å². The molecule has 1 amide bonds. The maximum Gasteiger partial charge on any atom is 0.338 e. The minimum atomic E-state index is -0.512. The van der Waals surface area contributed by atoms with E-state index in [0.717, 1.165) is 38.2 Å². The van der Waals surface area contributed by atoms with Crippen LogP contribution in [0.25, 0.3) is 0 Å². The quantitative estimate of drug-likeness (QED) is 0.413. The molecule has 0 aromatic heterocycles. The lowest BCUT2D eigenvalue weighted by atomic mass is 9.97. The molecule has 1 fully saturated rings. The SMILES string of the molecule is O=C(COC(=O)c1ccccc1)NCCCOc1cccc(CN2CCC(CO)CC2)c1. The van der Waals surface area contributed by atoms with E-state index in [1.807, 2.05) is 18.2 Å². The van der Waals surface area contributed by atoms with E-state index in [4.69, 9.17) is 9.47 Å². The lowest BCUT2D eigenvalue weighted by molar-refractivity contribution is -0.124. The van der Waals surface area contributed by atoms with Gasteiger partial charge in [-0.15, -0.1) is 0 Å². The summed E-state index contributed by atoms with van der Waals surface area (Å²) in [6.45, 7) is 3.82. The predicted octanol–water partition coefficient (Wildman–Crippen LogP) is 2.63. The number of benzene rings is 2. The first-order chi connectivity index (χ1) is 15.6. The van der Waals surface area contributed by atoms with Crippen LogP contribution < -0.4 is 10.1 Å². The summed E-state index contributed by atoms with van der Waals surface area (Å²) in [5.74, 6) is 0.413. The van der Waals surface area contributed by atoms with Gasteiger partial charge in [-0.3, -0.25) is 9.69 Å². The van der Waals surface area contributed by atoms with Gasteiger partial charge in [0.1, 0.15) is 5.75 Å². The molecule has 1 heterocycles. The molecular weight excluding hydrogens is 408 g/mol. The van der Waals surface area contributed by atoms with E-state index in [2.05, 4.69) is 22.3 Å². The summed E-state index contributed by atoms with van der Waals surface area (Å²) in [5, 5.41) is 12.0. The van der Waals surface area contributed by atoms with E-state index in [9.17, 15) is 14.7 Å². The number of aliphatic hydroxyl groups is 1. The zero-order chi connectivity index (χ0) is 22.6. The first-order valence-corrected chi connectivity index (χ1v) is 11.2. The Bertz CT molecular complexity index is 850. The molecule has 0 atom stereocenters. The second-order valence-corrected chi connectivity index (χ2v) is 8.04. The number of carbonyl (C=O) groups is 2. The standard InChI is InChI=1S/C25H32N2O5/c28-18-20-10-13-27(14-11-20)17-21-6-4-9-23(16-21)31-15-5-12-26-24(29)19-32-25(30)22-7-2-1-3-8-22/h1-4,6-9,16,20,28H,5,10-15,17-19H2,(H,26,29). The number of carbonyl (C=O) groups excluding carboxylic acids is 2. The number of piperidine rings is 1. The highest BCUT2D eigenvalue weighted by Gasteiger charge is 2.18. The van der Waals surface area contributed by atoms with Crippen LogP contribution in [0.1, 0.15) is 35.2 Å². The van der Waals surface area contributed by atoms with Crippen molar-refractivity contribution in [2.45, 2.75) is 25.8 Å². The van der Waals surface area contributed by atoms with Gasteiger partial charge in [0.2, 0.25) is 0 Å². The Hall–Kier alpha value is -2.90. The summed E-state index contributed by atoms with van der Waals surface area (Å²) in [6.07, 6.45) is 2.74. The maximum atomic E-state index is 11.8. The molecule has 2 aromatic carbocycles. The maximum absolute atomic E-state index is 11.8. The van der Waals surface area contributed by atoms with E-state index in [1.54, 1.807) is 24.3 Å². The summed E-state index contributed by atoms with van der Waals surface area (Å²) < 4.78 is 10.8. The molecule has 7 heteroatoms. The van der Waals surface area contributed by atoms with Gasteiger partial charge >= 0.3 is 5.97 Å². The van der Waals surface area contributed by atoms with Gasteiger partial charge in [0, 0.05) is 19.7 Å². The van der Waals surface area contributed by atoms with Crippen LogP contribution in [0.5, 0.6) is 5.75 Å². The summed E-state index contributed by atoms with van der Waals surface area (Å²) in [6, 6.07) is 16.7. The molecule has 0 spiro atoms. The number of aliphatic hydroxyl groups excluding tert-OH is 1. The molecule has 1 saturated heterocycles. The molecule has 7 nitrogen and oxygen atoms in total. The average molecular weight is 441 g/mol. The van der Waals surface area contributed by atoms with Crippen molar-refractivity contribution in [1.29, 1.82) is 0 Å². The molecule has 0 aliphatic carbocycles. The van der Waals surface area contributed by atoms with Gasteiger partial charge in [-0.05, 0) is 68.1 Å². The van der Waals surface area contributed by atoms with Crippen molar-refractivity contribution >= 4 is 11.9 Å². The molecule has 1 aliphatic rings. The Morgan fingerprint density at radius 2 is 1.84 bits per heavy atom. The molecule has 32 heavy (non-hydrogen) atoms. The van der Waals surface area contributed by atoms with E-state index >= 15 is 0 Å². The van der Waals surface area contributed by atoms with Gasteiger partial charge in [-0.2, -0.15) is 0 Å². The number of nitrogens with one attached hydrogen (secondary N) is 1. The van der Waals surface area contributed by atoms with Crippen LogP contribution >= 0.6 is 0 Å². The molecule has 0 bridgehead atoms. The third kappa shape index (κ3) is 7.98. The van der Waals surface area contributed by atoms with Crippen LogP contribution in [-0.2, 0) is 16.1 Å². The van der Waals surface area contributed by atoms with Crippen molar-refractivity contribution in [3.63, 3.8) is 0 Å². The van der Waals surface area contributed by atoms with Crippen LogP contribution in [0.2, 0.25) is 0 Å². The van der Waals surface area contributed by atoms with Crippen molar-refractivity contribution in [3.05, 3.63) is 65.7 Å². The number of nitrogens with zero attached hydrogens (tertiary/aromatic N) is 1. The van der Waals surface area contributed by atoms with Crippen LogP contribution in [0.3, 0.4) is 0 Å². The fraction of sp³-hybridized carbons (Fsp3) is 0.440. The Kier molecular flexibility index (Phi) is 9.53. The van der Waals surface area contributed by atoms with Crippen LogP contribution in [0.4, 0.5) is 0 Å².